The molecule has 1 aromatic heterocycles. The van der Waals surface area contributed by atoms with Gasteiger partial charge in [-0.3, -0.25) is 19.3 Å². The Morgan fingerprint density at radius 3 is 2.57 bits per heavy atom. The Bertz CT molecular complexity index is 859. The first-order chi connectivity index (χ1) is 13.5. The summed E-state index contributed by atoms with van der Waals surface area (Å²) in [5.41, 5.74) is 0.908. The topological polar surface area (TPSA) is 96.3 Å². The zero-order chi connectivity index (χ0) is 20.1. The molecule has 2 heterocycles. The lowest BCUT2D eigenvalue weighted by Crippen LogP contribution is -2.43. The van der Waals surface area contributed by atoms with Crippen molar-refractivity contribution in [3.05, 3.63) is 48.0 Å². The molecule has 2 N–H and O–H groups in total. The second-order valence-electron chi connectivity index (χ2n) is 6.86. The molecule has 0 unspecified atom stereocenters. The summed E-state index contributed by atoms with van der Waals surface area (Å²) in [6.45, 7) is 4.54. The third kappa shape index (κ3) is 4.45. The lowest BCUT2D eigenvalue weighted by molar-refractivity contribution is -0.136. The third-order valence-electron chi connectivity index (χ3n) is 5.04. The first-order valence-electron chi connectivity index (χ1n) is 9.45. The van der Waals surface area contributed by atoms with Gasteiger partial charge in [-0.05, 0) is 50.2 Å². The predicted molar refractivity (Wildman–Crippen MR) is 105 cm³/mol. The van der Waals surface area contributed by atoms with Crippen LogP contribution in [-0.2, 0) is 16.6 Å². The van der Waals surface area contributed by atoms with Gasteiger partial charge in [0.25, 0.3) is 0 Å². The van der Waals surface area contributed by atoms with E-state index in [0.29, 0.717) is 23.6 Å². The van der Waals surface area contributed by atoms with E-state index in [4.69, 9.17) is 0 Å². The van der Waals surface area contributed by atoms with Crippen LogP contribution in [0, 0.1) is 0 Å². The van der Waals surface area contributed by atoms with E-state index in [0.717, 1.165) is 25.9 Å². The molecule has 0 bridgehead atoms. The monoisotopic (exact) mass is 383 g/mol. The normalized spacial score (nSPS) is 16.7. The zero-order valence-electron chi connectivity index (χ0n) is 16.1. The fraction of sp³-hybridized carbons (Fsp3) is 0.400. The third-order valence-corrected chi connectivity index (χ3v) is 5.04. The molecule has 1 aromatic carbocycles. The molecule has 1 aliphatic heterocycles. The lowest BCUT2D eigenvalue weighted by Gasteiger charge is -2.22. The standard InChI is InChI=1S/C20H25N5O3/c1-3-25-11-4-5-16(25)13-22-19(27)20(28)23-15-8-6-14(7-9-15)17(26)18-21-10-12-24(18)2/h6-10,12,16H,3-5,11,13H2,1-2H3,(H,22,27)(H,23,28)/t16-/m1/s1. The number of aryl methyl sites for hydroxylation is 1. The van der Waals surface area contributed by atoms with Crippen molar-refractivity contribution in [3.63, 3.8) is 0 Å². The van der Waals surface area contributed by atoms with Crippen LogP contribution >= 0.6 is 0 Å². The first-order valence-corrected chi connectivity index (χ1v) is 9.45. The maximum atomic E-state index is 12.4. The molecule has 1 fully saturated rings. The van der Waals surface area contributed by atoms with Gasteiger partial charge in [-0.1, -0.05) is 6.92 Å². The molecule has 0 radical (unpaired) electrons. The van der Waals surface area contributed by atoms with E-state index in [1.165, 1.54) is 0 Å². The highest BCUT2D eigenvalue weighted by molar-refractivity contribution is 6.39. The molecule has 148 valence electrons. The van der Waals surface area contributed by atoms with Crippen molar-refractivity contribution < 1.29 is 14.4 Å². The lowest BCUT2D eigenvalue weighted by atomic mass is 10.1. The Morgan fingerprint density at radius 1 is 1.18 bits per heavy atom. The summed E-state index contributed by atoms with van der Waals surface area (Å²) in [6.07, 6.45) is 5.41. The van der Waals surface area contributed by atoms with Crippen LogP contribution in [0.4, 0.5) is 5.69 Å². The molecular weight excluding hydrogens is 358 g/mol. The minimum Gasteiger partial charge on any atom is -0.346 e. The molecule has 0 aliphatic carbocycles. The van der Waals surface area contributed by atoms with Gasteiger partial charge < -0.3 is 15.2 Å². The Hall–Kier alpha value is -3.00. The van der Waals surface area contributed by atoms with Crippen LogP contribution in [0.3, 0.4) is 0 Å². The number of carbonyl (C=O) groups excluding carboxylic acids is 3. The van der Waals surface area contributed by atoms with E-state index in [1.54, 1.807) is 48.3 Å². The highest BCUT2D eigenvalue weighted by Crippen LogP contribution is 2.16. The highest BCUT2D eigenvalue weighted by Gasteiger charge is 2.24. The van der Waals surface area contributed by atoms with Gasteiger partial charge in [0.05, 0.1) is 0 Å². The summed E-state index contributed by atoms with van der Waals surface area (Å²) in [4.78, 5) is 42.9. The molecule has 2 amide bonds. The Labute approximate surface area is 163 Å². The predicted octanol–water partition coefficient (Wildman–Crippen LogP) is 1.19. The Kier molecular flexibility index (Phi) is 6.20. The average Bonchev–Trinajstić information content (AvgIpc) is 3.34. The fourth-order valence-corrected chi connectivity index (χ4v) is 3.44. The number of amides is 2. The van der Waals surface area contributed by atoms with Gasteiger partial charge in [-0.25, -0.2) is 4.98 Å². The molecule has 1 aliphatic rings. The van der Waals surface area contributed by atoms with Crippen molar-refractivity contribution in [2.75, 3.05) is 25.0 Å². The number of nitrogens with zero attached hydrogens (tertiary/aromatic N) is 3. The molecule has 8 heteroatoms. The summed E-state index contributed by atoms with van der Waals surface area (Å²) in [5.74, 6) is -1.25. The molecule has 0 saturated carbocycles. The molecular formula is C20H25N5O3. The zero-order valence-corrected chi connectivity index (χ0v) is 16.1. The van der Waals surface area contributed by atoms with Crippen LogP contribution < -0.4 is 10.6 Å². The number of carbonyl (C=O) groups is 3. The van der Waals surface area contributed by atoms with Crippen LogP contribution in [0.2, 0.25) is 0 Å². The maximum Gasteiger partial charge on any atom is 0.313 e. The van der Waals surface area contributed by atoms with Gasteiger partial charge in [-0.2, -0.15) is 0 Å². The van der Waals surface area contributed by atoms with Crippen LogP contribution in [0.25, 0.3) is 0 Å². The molecule has 1 atom stereocenters. The van der Waals surface area contributed by atoms with Gasteiger partial charge in [0.2, 0.25) is 5.78 Å². The van der Waals surface area contributed by atoms with Crippen molar-refractivity contribution >= 4 is 23.3 Å². The van der Waals surface area contributed by atoms with Gasteiger partial charge in [0.15, 0.2) is 5.82 Å². The van der Waals surface area contributed by atoms with Crippen molar-refractivity contribution in [1.82, 2.24) is 19.8 Å². The van der Waals surface area contributed by atoms with E-state index >= 15 is 0 Å². The fourth-order valence-electron chi connectivity index (χ4n) is 3.44. The Morgan fingerprint density at radius 2 is 1.93 bits per heavy atom. The summed E-state index contributed by atoms with van der Waals surface area (Å²) in [7, 11) is 1.75. The number of imidazole rings is 1. The van der Waals surface area contributed by atoms with Gasteiger partial charge >= 0.3 is 11.8 Å². The number of nitrogens with one attached hydrogen (secondary N) is 2. The van der Waals surface area contributed by atoms with E-state index in [-0.39, 0.29) is 11.8 Å². The maximum absolute atomic E-state index is 12.4. The number of rotatable bonds is 6. The molecule has 1 saturated heterocycles. The van der Waals surface area contributed by atoms with E-state index in [2.05, 4.69) is 27.4 Å². The summed E-state index contributed by atoms with van der Waals surface area (Å²) in [6, 6.07) is 6.68. The molecule has 3 rings (SSSR count). The van der Waals surface area contributed by atoms with Crippen molar-refractivity contribution in [1.29, 1.82) is 0 Å². The van der Waals surface area contributed by atoms with E-state index in [9.17, 15) is 14.4 Å². The van der Waals surface area contributed by atoms with Crippen LogP contribution in [-0.4, -0.2) is 57.7 Å². The minimum absolute atomic E-state index is 0.208. The largest absolute Gasteiger partial charge is 0.346 e. The number of benzene rings is 1. The SMILES string of the molecule is CCN1CCC[C@@H]1CNC(=O)C(=O)Nc1ccc(C(=O)c2nccn2C)cc1. The number of likely N-dealkylation sites (N-methyl/N-ethyl adjacent to an activating group) is 1. The summed E-state index contributed by atoms with van der Waals surface area (Å²) >= 11 is 0. The number of anilines is 1. The second kappa shape index (κ2) is 8.79. The van der Waals surface area contributed by atoms with Crippen LogP contribution in [0.5, 0.6) is 0 Å². The smallest absolute Gasteiger partial charge is 0.313 e. The van der Waals surface area contributed by atoms with Gasteiger partial charge in [0.1, 0.15) is 0 Å². The summed E-state index contributed by atoms with van der Waals surface area (Å²) < 4.78 is 1.65. The highest BCUT2D eigenvalue weighted by atomic mass is 16.2. The Balaban J connectivity index is 1.53. The summed E-state index contributed by atoms with van der Waals surface area (Å²) in [5, 5.41) is 5.26. The molecule has 0 spiro atoms. The first kappa shape index (κ1) is 19.8. The number of likely N-dealkylation sites (tertiary alicyclic amines) is 1. The molecule has 2 aromatic rings. The van der Waals surface area contributed by atoms with Crippen LogP contribution in [0.15, 0.2) is 36.7 Å². The number of hydrogen-bond acceptors (Lipinski definition) is 5. The average molecular weight is 383 g/mol. The number of hydrogen-bond donors (Lipinski definition) is 2. The van der Waals surface area contributed by atoms with Gasteiger partial charge in [0, 0.05) is 43.3 Å². The van der Waals surface area contributed by atoms with Crippen molar-refractivity contribution in [2.45, 2.75) is 25.8 Å². The van der Waals surface area contributed by atoms with Crippen LogP contribution in [0.1, 0.15) is 35.9 Å². The van der Waals surface area contributed by atoms with E-state index in [1.807, 2.05) is 0 Å². The van der Waals surface area contributed by atoms with Crippen molar-refractivity contribution in [3.8, 4) is 0 Å². The molecule has 28 heavy (non-hydrogen) atoms. The van der Waals surface area contributed by atoms with Crippen molar-refractivity contribution in [2.24, 2.45) is 7.05 Å². The minimum atomic E-state index is -0.718. The van der Waals surface area contributed by atoms with Gasteiger partial charge in [-0.15, -0.1) is 0 Å². The number of aromatic nitrogens is 2. The second-order valence-corrected chi connectivity index (χ2v) is 6.86. The van der Waals surface area contributed by atoms with E-state index < -0.39 is 11.8 Å². The molecule has 8 nitrogen and oxygen atoms in total. The number of ketones is 1. The quantitative estimate of drug-likeness (QED) is 0.577.